The van der Waals surface area contributed by atoms with Crippen LogP contribution in [0.4, 0.5) is 11.5 Å². The first-order chi connectivity index (χ1) is 14.0. The number of halogens is 1. The Morgan fingerprint density at radius 2 is 2.03 bits per heavy atom. The van der Waals surface area contributed by atoms with Crippen LogP contribution in [0.25, 0.3) is 11.3 Å². The molecule has 0 saturated heterocycles. The van der Waals surface area contributed by atoms with Gasteiger partial charge in [-0.2, -0.15) is 5.10 Å². The lowest BCUT2D eigenvalue weighted by atomic mass is 10.1. The summed E-state index contributed by atoms with van der Waals surface area (Å²) < 4.78 is 1.61. The Morgan fingerprint density at radius 3 is 2.76 bits per heavy atom. The van der Waals surface area contributed by atoms with Crippen molar-refractivity contribution in [3.63, 3.8) is 0 Å². The third-order valence-electron chi connectivity index (χ3n) is 4.84. The highest BCUT2D eigenvalue weighted by Crippen LogP contribution is 2.35. The average molecular weight is 427 g/mol. The number of nitrogens with zero attached hydrogens (tertiary/aromatic N) is 2. The summed E-state index contributed by atoms with van der Waals surface area (Å²) in [5.41, 5.74) is 3.08. The molecule has 0 radical (unpaired) electrons. The number of hydrogen-bond acceptors (Lipinski definition) is 4. The van der Waals surface area contributed by atoms with Gasteiger partial charge in [-0.15, -0.1) is 11.8 Å². The van der Waals surface area contributed by atoms with E-state index in [9.17, 15) is 9.59 Å². The first-order valence-corrected chi connectivity index (χ1v) is 10.7. The molecule has 29 heavy (non-hydrogen) atoms. The fourth-order valence-corrected chi connectivity index (χ4v) is 3.94. The molecule has 2 aromatic carbocycles. The van der Waals surface area contributed by atoms with Crippen LogP contribution < -0.4 is 10.6 Å². The van der Waals surface area contributed by atoms with Crippen LogP contribution in [0.5, 0.6) is 0 Å². The smallest absolute Gasteiger partial charge is 0.249 e. The van der Waals surface area contributed by atoms with Crippen molar-refractivity contribution in [2.75, 3.05) is 16.9 Å². The molecule has 0 bridgehead atoms. The second-order valence-electron chi connectivity index (χ2n) is 6.76. The first kappa shape index (κ1) is 19.5. The predicted octanol–water partition coefficient (Wildman–Crippen LogP) is 4.76. The Bertz CT molecular complexity index is 1090. The van der Waals surface area contributed by atoms with E-state index in [-0.39, 0.29) is 18.2 Å². The van der Waals surface area contributed by atoms with Gasteiger partial charge in [-0.25, -0.2) is 4.68 Å². The number of carbonyl (C=O) groups is 2. The minimum atomic E-state index is -0.726. The molecule has 8 heteroatoms. The van der Waals surface area contributed by atoms with E-state index in [0.717, 1.165) is 16.0 Å². The lowest BCUT2D eigenvalue weighted by Crippen LogP contribution is -2.35. The van der Waals surface area contributed by atoms with Gasteiger partial charge in [0, 0.05) is 26.7 Å². The minimum Gasteiger partial charge on any atom is -0.324 e. The molecule has 4 rings (SSSR count). The van der Waals surface area contributed by atoms with E-state index in [0.29, 0.717) is 22.2 Å². The molecule has 2 N–H and O–H groups in total. The highest BCUT2D eigenvalue weighted by molar-refractivity contribution is 7.98. The Balaban J connectivity index is 1.68. The normalized spacial score (nSPS) is 15.6. The molecule has 0 spiro atoms. The van der Waals surface area contributed by atoms with E-state index in [1.165, 1.54) is 0 Å². The van der Waals surface area contributed by atoms with Gasteiger partial charge in [0.25, 0.3) is 0 Å². The van der Waals surface area contributed by atoms with Crippen molar-refractivity contribution >= 4 is 46.7 Å². The van der Waals surface area contributed by atoms with Crippen molar-refractivity contribution in [2.45, 2.75) is 24.3 Å². The van der Waals surface area contributed by atoms with E-state index >= 15 is 0 Å². The van der Waals surface area contributed by atoms with Crippen LogP contribution >= 0.6 is 23.4 Å². The van der Waals surface area contributed by atoms with Crippen molar-refractivity contribution in [2.24, 2.45) is 0 Å². The molecule has 3 aromatic rings. The van der Waals surface area contributed by atoms with Gasteiger partial charge in [0.2, 0.25) is 11.8 Å². The molecule has 0 saturated carbocycles. The molecule has 6 nitrogen and oxygen atoms in total. The monoisotopic (exact) mass is 426 g/mol. The molecule has 148 valence electrons. The van der Waals surface area contributed by atoms with Crippen molar-refractivity contribution in [3.8, 4) is 11.3 Å². The number of fused-ring (bicyclic) bond motifs is 1. The van der Waals surface area contributed by atoms with E-state index in [4.69, 9.17) is 11.6 Å². The van der Waals surface area contributed by atoms with Crippen LogP contribution in [0.15, 0.2) is 53.4 Å². The lowest BCUT2D eigenvalue weighted by Gasteiger charge is -2.24. The van der Waals surface area contributed by atoms with Gasteiger partial charge in [0.1, 0.15) is 11.9 Å². The third kappa shape index (κ3) is 3.88. The van der Waals surface area contributed by atoms with Gasteiger partial charge in [-0.3, -0.25) is 9.59 Å². The van der Waals surface area contributed by atoms with Crippen LogP contribution in [0, 0.1) is 6.92 Å². The quantitative estimate of drug-likeness (QED) is 0.590. The van der Waals surface area contributed by atoms with Gasteiger partial charge in [0.05, 0.1) is 12.1 Å². The number of anilines is 2. The molecule has 1 aromatic heterocycles. The summed E-state index contributed by atoms with van der Waals surface area (Å²) in [7, 11) is 0. The molecular weight excluding hydrogens is 408 g/mol. The Kier molecular flexibility index (Phi) is 5.34. The fraction of sp³-hybridized carbons (Fsp3) is 0.190. The molecular formula is C21H19ClN4O2S. The summed E-state index contributed by atoms with van der Waals surface area (Å²) in [6.45, 7) is 1.88. The highest BCUT2D eigenvalue weighted by atomic mass is 35.5. The SMILES string of the molecule is CSc1cccc(NC(=O)[C@H]2CC(=O)Nc3c(C)c(-c4ccc(Cl)cc4)nn32)c1. The van der Waals surface area contributed by atoms with Crippen molar-refractivity contribution < 1.29 is 9.59 Å². The summed E-state index contributed by atoms with van der Waals surface area (Å²) in [6, 6.07) is 14.2. The molecule has 2 heterocycles. The van der Waals surface area contributed by atoms with Crippen molar-refractivity contribution in [1.82, 2.24) is 9.78 Å². The van der Waals surface area contributed by atoms with E-state index < -0.39 is 6.04 Å². The molecule has 1 aliphatic rings. The lowest BCUT2D eigenvalue weighted by molar-refractivity contribution is -0.125. The molecule has 0 aliphatic carbocycles. The van der Waals surface area contributed by atoms with E-state index in [1.807, 2.05) is 49.6 Å². The number of nitrogens with one attached hydrogen (secondary N) is 2. The van der Waals surface area contributed by atoms with Crippen LogP contribution in [-0.4, -0.2) is 27.9 Å². The summed E-state index contributed by atoms with van der Waals surface area (Å²) in [6.07, 6.45) is 2.01. The number of rotatable bonds is 4. The van der Waals surface area contributed by atoms with Gasteiger partial charge in [-0.1, -0.05) is 29.8 Å². The fourth-order valence-electron chi connectivity index (χ4n) is 3.35. The second-order valence-corrected chi connectivity index (χ2v) is 8.08. The largest absolute Gasteiger partial charge is 0.324 e. The maximum atomic E-state index is 13.0. The number of carbonyl (C=O) groups excluding carboxylic acids is 2. The van der Waals surface area contributed by atoms with Crippen LogP contribution in [-0.2, 0) is 9.59 Å². The Labute approximate surface area is 177 Å². The van der Waals surface area contributed by atoms with E-state index in [1.54, 1.807) is 28.6 Å². The molecule has 0 fully saturated rings. The predicted molar refractivity (Wildman–Crippen MR) is 117 cm³/mol. The number of hydrogen-bond donors (Lipinski definition) is 2. The number of benzene rings is 2. The van der Waals surface area contributed by atoms with Gasteiger partial charge in [-0.05, 0) is 43.5 Å². The minimum absolute atomic E-state index is 0.0300. The molecule has 2 amide bonds. The second kappa shape index (κ2) is 7.93. The zero-order valence-electron chi connectivity index (χ0n) is 15.9. The summed E-state index contributed by atoms with van der Waals surface area (Å²) in [5.74, 6) is 0.0647. The molecule has 0 unspecified atom stereocenters. The third-order valence-corrected chi connectivity index (χ3v) is 5.81. The van der Waals surface area contributed by atoms with Crippen LogP contribution in [0.2, 0.25) is 5.02 Å². The Hall–Kier alpha value is -2.77. The summed E-state index contributed by atoms with van der Waals surface area (Å²) in [4.78, 5) is 26.3. The zero-order chi connectivity index (χ0) is 20.5. The highest BCUT2D eigenvalue weighted by Gasteiger charge is 2.34. The van der Waals surface area contributed by atoms with Gasteiger partial charge < -0.3 is 10.6 Å². The zero-order valence-corrected chi connectivity index (χ0v) is 17.5. The standard InChI is InChI=1S/C21H19ClN4O2S/c1-12-19(13-6-8-14(22)9-7-13)25-26-17(11-18(27)24-20(12)26)21(28)23-15-4-3-5-16(10-15)29-2/h3-10,17H,11H2,1-2H3,(H,23,28)(H,24,27)/t17-/m1/s1. The number of amides is 2. The maximum Gasteiger partial charge on any atom is 0.249 e. The van der Waals surface area contributed by atoms with Gasteiger partial charge >= 0.3 is 0 Å². The number of aromatic nitrogens is 2. The number of thioether (sulfide) groups is 1. The average Bonchev–Trinajstić information content (AvgIpc) is 3.04. The van der Waals surface area contributed by atoms with Crippen LogP contribution in [0.3, 0.4) is 0 Å². The topological polar surface area (TPSA) is 76.0 Å². The first-order valence-electron chi connectivity index (χ1n) is 9.06. The van der Waals surface area contributed by atoms with Crippen molar-refractivity contribution in [1.29, 1.82) is 0 Å². The molecule has 1 aliphatic heterocycles. The summed E-state index contributed by atoms with van der Waals surface area (Å²) >= 11 is 7.58. The maximum absolute atomic E-state index is 13.0. The van der Waals surface area contributed by atoms with E-state index in [2.05, 4.69) is 15.7 Å². The van der Waals surface area contributed by atoms with Gasteiger partial charge in [0.15, 0.2) is 0 Å². The molecule has 1 atom stereocenters. The summed E-state index contributed by atoms with van der Waals surface area (Å²) in [5, 5.41) is 11.1. The van der Waals surface area contributed by atoms with Crippen LogP contribution in [0.1, 0.15) is 18.0 Å². The van der Waals surface area contributed by atoms with Crippen molar-refractivity contribution in [3.05, 3.63) is 59.1 Å². The Morgan fingerprint density at radius 1 is 1.28 bits per heavy atom.